The Kier molecular flexibility index (Phi) is 7.59. The van der Waals surface area contributed by atoms with E-state index in [9.17, 15) is 23.1 Å². The Hall–Kier alpha value is -3.40. The first-order valence-electron chi connectivity index (χ1n) is 12.0. The van der Waals surface area contributed by atoms with Crippen molar-refractivity contribution >= 4 is 34.0 Å². The largest absolute Gasteiger partial charge is 0.480 e. The number of nitrogens with zero attached hydrogens (tertiary/aromatic N) is 3. The zero-order valence-corrected chi connectivity index (χ0v) is 21.8. The number of aromatic nitrogens is 2. The number of fused-ring (bicyclic) bond motifs is 1. The molecule has 0 atom stereocenters. The van der Waals surface area contributed by atoms with Crippen LogP contribution in [0, 0.1) is 6.92 Å². The molecule has 0 fully saturated rings. The summed E-state index contributed by atoms with van der Waals surface area (Å²) in [7, 11) is 0. The Balaban J connectivity index is 1.58. The van der Waals surface area contributed by atoms with Gasteiger partial charge >= 0.3 is 12.1 Å². The van der Waals surface area contributed by atoms with Crippen molar-refractivity contribution in [3.8, 4) is 10.6 Å². The second-order valence-electron chi connectivity index (χ2n) is 9.23. The molecule has 0 aliphatic carbocycles. The van der Waals surface area contributed by atoms with E-state index in [-0.39, 0.29) is 12.5 Å². The lowest BCUT2D eigenvalue weighted by Gasteiger charge is -2.22. The van der Waals surface area contributed by atoms with Crippen molar-refractivity contribution in [3.63, 3.8) is 0 Å². The quantitative estimate of drug-likeness (QED) is 0.248. The van der Waals surface area contributed by atoms with Crippen LogP contribution in [0.5, 0.6) is 0 Å². The first-order valence-corrected chi connectivity index (χ1v) is 12.8. The maximum atomic E-state index is 12.9. The number of hydrogen-bond donors (Lipinski definition) is 1. The van der Waals surface area contributed by atoms with E-state index in [1.807, 2.05) is 39.8 Å². The second kappa shape index (κ2) is 10.5. The number of likely N-dealkylation sites (N-methyl/N-ethyl adjacent to an activating group) is 1. The number of carboxylic acid groups (broad SMARTS) is 1. The molecule has 4 rings (SSSR count). The van der Waals surface area contributed by atoms with Gasteiger partial charge in [-0.25, -0.2) is 4.98 Å². The first-order chi connectivity index (χ1) is 17.5. The van der Waals surface area contributed by atoms with Crippen LogP contribution in [-0.4, -0.2) is 34.3 Å². The van der Waals surface area contributed by atoms with E-state index in [1.165, 1.54) is 23.5 Å². The molecule has 0 aliphatic heterocycles. The number of hydrogen-bond acceptors (Lipinski definition) is 6. The topological polar surface area (TPSA) is 79.5 Å². The third-order valence-electron chi connectivity index (χ3n) is 6.23. The van der Waals surface area contributed by atoms with Gasteiger partial charge in [-0.1, -0.05) is 31.1 Å². The number of rotatable bonds is 9. The molecule has 0 aliphatic rings. The number of aliphatic carboxylic acids is 1. The predicted octanol–water partition coefficient (Wildman–Crippen LogP) is 7.10. The summed E-state index contributed by atoms with van der Waals surface area (Å²) < 4.78 is 44.4. The molecule has 0 amide bonds. The highest BCUT2D eigenvalue weighted by Crippen LogP contribution is 2.36. The van der Waals surface area contributed by atoms with Gasteiger partial charge in [-0.3, -0.25) is 4.79 Å². The number of carbonyl (C=O) groups is 1. The Morgan fingerprint density at radius 2 is 1.86 bits per heavy atom. The zero-order valence-electron chi connectivity index (χ0n) is 21.0. The lowest BCUT2D eigenvalue weighted by atomic mass is 10.0. The molecule has 2 aromatic heterocycles. The highest BCUT2D eigenvalue weighted by molar-refractivity contribution is 7.15. The molecule has 37 heavy (non-hydrogen) atoms. The molecule has 0 bridgehead atoms. The van der Waals surface area contributed by atoms with Gasteiger partial charge in [-0.05, 0) is 56.4 Å². The van der Waals surface area contributed by atoms with Crippen LogP contribution in [0.2, 0.25) is 0 Å². The van der Waals surface area contributed by atoms with Crippen molar-refractivity contribution in [2.75, 3.05) is 18.0 Å². The molecule has 2 heterocycles. The standard InChI is InChI=1S/C27H28F3N3O3S/c1-5-33(14-24(34)35)21-13-22-19(12-16(21)4)20(32-36-22)10-11-23-25(15(2)3)31-26(37-23)17-6-8-18(9-7-17)27(28,29)30/h6-9,12-13,15H,5,10-11,14H2,1-4H3,(H,34,35). The fourth-order valence-electron chi connectivity index (χ4n) is 4.33. The number of aryl methyl sites for hydroxylation is 3. The molecule has 10 heteroatoms. The van der Waals surface area contributed by atoms with Crippen molar-refractivity contribution in [2.24, 2.45) is 0 Å². The summed E-state index contributed by atoms with van der Waals surface area (Å²) in [6.45, 7) is 8.37. The van der Waals surface area contributed by atoms with Gasteiger partial charge in [0, 0.05) is 34.1 Å². The fraction of sp³-hybridized carbons (Fsp3) is 0.370. The van der Waals surface area contributed by atoms with Gasteiger partial charge < -0.3 is 14.5 Å². The third kappa shape index (κ3) is 5.79. The average molecular weight is 532 g/mol. The Labute approximate surface area is 216 Å². The highest BCUT2D eigenvalue weighted by Gasteiger charge is 2.30. The molecule has 6 nitrogen and oxygen atoms in total. The van der Waals surface area contributed by atoms with Gasteiger partial charge in [0.1, 0.15) is 11.6 Å². The molecule has 196 valence electrons. The molecule has 1 N–H and O–H groups in total. The second-order valence-corrected chi connectivity index (χ2v) is 10.3. The monoisotopic (exact) mass is 531 g/mol. The minimum Gasteiger partial charge on any atom is -0.480 e. The molecule has 2 aromatic carbocycles. The van der Waals surface area contributed by atoms with Crippen molar-refractivity contribution in [2.45, 2.75) is 52.6 Å². The highest BCUT2D eigenvalue weighted by atomic mass is 32.1. The average Bonchev–Trinajstić information content (AvgIpc) is 3.44. The Morgan fingerprint density at radius 1 is 1.16 bits per heavy atom. The molecular formula is C27H28F3N3O3S. The summed E-state index contributed by atoms with van der Waals surface area (Å²) in [5.41, 5.74) is 4.03. The van der Waals surface area contributed by atoms with Crippen LogP contribution >= 0.6 is 11.3 Å². The normalized spacial score (nSPS) is 12.0. The molecule has 0 unspecified atom stereocenters. The maximum Gasteiger partial charge on any atom is 0.416 e. The fourth-order valence-corrected chi connectivity index (χ4v) is 5.56. The van der Waals surface area contributed by atoms with Gasteiger partial charge in [0.25, 0.3) is 0 Å². The van der Waals surface area contributed by atoms with Crippen LogP contribution in [0.3, 0.4) is 0 Å². The molecule has 0 radical (unpaired) electrons. The van der Waals surface area contributed by atoms with Gasteiger partial charge in [0.15, 0.2) is 5.58 Å². The van der Waals surface area contributed by atoms with E-state index in [0.29, 0.717) is 35.5 Å². The molecular weight excluding hydrogens is 503 g/mol. The Morgan fingerprint density at radius 3 is 2.46 bits per heavy atom. The van der Waals surface area contributed by atoms with E-state index in [1.54, 1.807) is 4.90 Å². The van der Waals surface area contributed by atoms with Crippen molar-refractivity contribution in [1.29, 1.82) is 0 Å². The van der Waals surface area contributed by atoms with Crippen molar-refractivity contribution in [1.82, 2.24) is 10.1 Å². The number of halogens is 3. The van der Waals surface area contributed by atoms with Crippen molar-refractivity contribution < 1.29 is 27.6 Å². The van der Waals surface area contributed by atoms with E-state index in [2.05, 4.69) is 5.16 Å². The van der Waals surface area contributed by atoms with Crippen LogP contribution < -0.4 is 4.90 Å². The smallest absolute Gasteiger partial charge is 0.416 e. The molecule has 0 saturated heterocycles. The molecule has 0 saturated carbocycles. The number of thiazole rings is 1. The van der Waals surface area contributed by atoms with Crippen molar-refractivity contribution in [3.05, 3.63) is 63.8 Å². The molecule has 0 spiro atoms. The molecule has 4 aromatic rings. The van der Waals surface area contributed by atoms with Crippen LogP contribution in [0.4, 0.5) is 18.9 Å². The number of anilines is 1. The lowest BCUT2D eigenvalue weighted by molar-refractivity contribution is -0.137. The minimum atomic E-state index is -4.37. The Bertz CT molecular complexity index is 1410. The van der Waals surface area contributed by atoms with Gasteiger partial charge in [-0.15, -0.1) is 11.3 Å². The van der Waals surface area contributed by atoms with E-state index >= 15 is 0 Å². The van der Waals surface area contributed by atoms with E-state index < -0.39 is 17.7 Å². The third-order valence-corrected chi connectivity index (χ3v) is 7.41. The number of benzene rings is 2. The summed E-state index contributed by atoms with van der Waals surface area (Å²) in [5.74, 6) is -0.747. The lowest BCUT2D eigenvalue weighted by Crippen LogP contribution is -2.29. The summed E-state index contributed by atoms with van der Waals surface area (Å²) in [6.07, 6.45) is -3.11. The van der Waals surface area contributed by atoms with E-state index in [0.717, 1.165) is 45.0 Å². The van der Waals surface area contributed by atoms with Crippen LogP contribution in [-0.2, 0) is 23.8 Å². The maximum absolute atomic E-state index is 12.9. The SMILES string of the molecule is CCN(CC(=O)O)c1cc2onc(CCc3sc(-c4ccc(C(F)(F)F)cc4)nc3C(C)C)c2cc1C. The van der Waals surface area contributed by atoms with Gasteiger partial charge in [-0.2, -0.15) is 13.2 Å². The summed E-state index contributed by atoms with van der Waals surface area (Å²) in [5, 5.41) is 15.1. The summed E-state index contributed by atoms with van der Waals surface area (Å²) in [6, 6.07) is 8.91. The summed E-state index contributed by atoms with van der Waals surface area (Å²) >= 11 is 1.49. The minimum absolute atomic E-state index is 0.103. The number of carboxylic acids is 1. The summed E-state index contributed by atoms with van der Waals surface area (Å²) in [4.78, 5) is 18.8. The van der Waals surface area contributed by atoms with Crippen LogP contribution in [0.25, 0.3) is 21.5 Å². The van der Waals surface area contributed by atoms with Crippen LogP contribution in [0.1, 0.15) is 54.1 Å². The van der Waals surface area contributed by atoms with Crippen LogP contribution in [0.15, 0.2) is 40.9 Å². The van der Waals surface area contributed by atoms with E-state index in [4.69, 9.17) is 9.51 Å². The zero-order chi connectivity index (χ0) is 26.9. The van der Waals surface area contributed by atoms with Gasteiger partial charge in [0.2, 0.25) is 0 Å². The number of alkyl halides is 3. The predicted molar refractivity (Wildman–Crippen MR) is 138 cm³/mol. The first kappa shape index (κ1) is 26.7. The van der Waals surface area contributed by atoms with Gasteiger partial charge in [0.05, 0.1) is 17.0 Å².